The Kier molecular flexibility index (Phi) is 10.4. The van der Waals surface area contributed by atoms with Crippen molar-refractivity contribution < 1.29 is 9.53 Å². The fourth-order valence-corrected chi connectivity index (χ4v) is 5.69. The molecule has 2 aromatic carbocycles. The first-order valence-electron chi connectivity index (χ1n) is 14.7. The summed E-state index contributed by atoms with van der Waals surface area (Å²) in [6.45, 7) is 16.7. The van der Waals surface area contributed by atoms with Crippen LogP contribution in [0.15, 0.2) is 42.5 Å². The number of aryl methyl sites for hydroxylation is 1. The number of nitrogens with zero attached hydrogens (tertiary/aromatic N) is 4. The van der Waals surface area contributed by atoms with Gasteiger partial charge < -0.3 is 19.5 Å². The van der Waals surface area contributed by atoms with Crippen molar-refractivity contribution in [1.29, 1.82) is 0 Å². The number of carbonyl (C=O) groups is 1. The summed E-state index contributed by atoms with van der Waals surface area (Å²) in [5.41, 5.74) is 4.81. The minimum atomic E-state index is -0.342. The molecule has 0 amide bonds. The molecule has 3 aromatic rings. The Hall–Kier alpha value is -2.90. The van der Waals surface area contributed by atoms with E-state index in [4.69, 9.17) is 9.72 Å². The van der Waals surface area contributed by atoms with Crippen LogP contribution in [-0.2, 0) is 17.8 Å². The number of carbonyl (C=O) groups excluding carboxylic acids is 1. The summed E-state index contributed by atoms with van der Waals surface area (Å²) in [6.07, 6.45) is 5.04. The van der Waals surface area contributed by atoms with Crippen LogP contribution in [0.25, 0.3) is 11.0 Å². The maximum Gasteiger partial charge on any atom is 0.337 e. The van der Waals surface area contributed by atoms with Crippen LogP contribution in [0.3, 0.4) is 0 Å². The van der Waals surface area contributed by atoms with Gasteiger partial charge in [-0.15, -0.1) is 0 Å². The maximum absolute atomic E-state index is 12.1. The highest BCUT2D eigenvalue weighted by Gasteiger charge is 2.16. The number of nitrogens with one attached hydrogen (secondary N) is 1. The van der Waals surface area contributed by atoms with Crippen LogP contribution in [0.2, 0.25) is 0 Å². The van der Waals surface area contributed by atoms with Crippen molar-refractivity contribution in [2.24, 2.45) is 11.8 Å². The van der Waals surface area contributed by atoms with Gasteiger partial charge in [0.15, 0.2) is 0 Å². The van der Waals surface area contributed by atoms with Gasteiger partial charge in [0.1, 0.15) is 0 Å². The molecule has 212 valence electrons. The first-order valence-corrected chi connectivity index (χ1v) is 14.7. The van der Waals surface area contributed by atoms with E-state index in [1.54, 1.807) is 6.07 Å². The van der Waals surface area contributed by atoms with Crippen LogP contribution in [0.1, 0.15) is 69.3 Å². The molecule has 1 N–H and O–H groups in total. The van der Waals surface area contributed by atoms with Gasteiger partial charge in [0.2, 0.25) is 5.95 Å². The van der Waals surface area contributed by atoms with Crippen LogP contribution in [0, 0.1) is 11.8 Å². The van der Waals surface area contributed by atoms with Crippen molar-refractivity contribution >= 4 is 28.6 Å². The van der Waals surface area contributed by atoms with E-state index in [-0.39, 0.29) is 5.97 Å². The number of benzene rings is 2. The third-order valence-corrected chi connectivity index (χ3v) is 7.31. The van der Waals surface area contributed by atoms with E-state index in [1.165, 1.54) is 45.0 Å². The van der Waals surface area contributed by atoms with E-state index >= 15 is 0 Å². The van der Waals surface area contributed by atoms with Crippen LogP contribution in [0.5, 0.6) is 0 Å². The molecule has 0 atom stereocenters. The van der Waals surface area contributed by atoms with Crippen molar-refractivity contribution in [2.75, 3.05) is 45.2 Å². The predicted octanol–water partition coefficient (Wildman–Crippen LogP) is 6.56. The van der Waals surface area contributed by atoms with Crippen LogP contribution < -0.4 is 5.32 Å². The van der Waals surface area contributed by atoms with E-state index in [1.807, 2.05) is 18.2 Å². The molecular formula is C32H47N5O2. The molecule has 0 bridgehead atoms. The summed E-state index contributed by atoms with van der Waals surface area (Å²) in [5, 5.41) is 3.50. The van der Waals surface area contributed by atoms with Crippen LogP contribution in [-0.4, -0.2) is 65.2 Å². The van der Waals surface area contributed by atoms with Gasteiger partial charge in [0.25, 0.3) is 0 Å². The lowest BCUT2D eigenvalue weighted by Crippen LogP contribution is -2.31. The number of fused-ring (bicyclic) bond motifs is 1. The fraction of sp³-hybridized carbons (Fsp3) is 0.562. The number of hydrogen-bond acceptors (Lipinski definition) is 6. The zero-order chi connectivity index (χ0) is 27.8. The number of hydrogen-bond donors (Lipinski definition) is 1. The Labute approximate surface area is 234 Å². The fourth-order valence-electron chi connectivity index (χ4n) is 5.69. The zero-order valence-electron chi connectivity index (χ0n) is 24.6. The number of methoxy groups -OCH3 is 1. The van der Waals surface area contributed by atoms with Gasteiger partial charge in [-0.1, -0.05) is 46.2 Å². The summed E-state index contributed by atoms with van der Waals surface area (Å²) in [7, 11) is 1.41. The lowest BCUT2D eigenvalue weighted by Gasteiger charge is -2.26. The molecule has 1 fully saturated rings. The minimum Gasteiger partial charge on any atom is -0.465 e. The molecular weight excluding hydrogens is 486 g/mol. The van der Waals surface area contributed by atoms with Crippen molar-refractivity contribution in [2.45, 2.75) is 66.5 Å². The molecule has 0 saturated carbocycles. The van der Waals surface area contributed by atoms with E-state index in [0.717, 1.165) is 61.8 Å². The molecule has 1 aliphatic rings. The lowest BCUT2D eigenvalue weighted by molar-refractivity contribution is 0.0601. The Morgan fingerprint density at radius 3 is 2.44 bits per heavy atom. The first kappa shape index (κ1) is 29.1. The number of imidazole rings is 1. The second kappa shape index (κ2) is 13.9. The van der Waals surface area contributed by atoms with E-state index < -0.39 is 0 Å². The van der Waals surface area contributed by atoms with Crippen LogP contribution in [0.4, 0.5) is 11.6 Å². The number of rotatable bonds is 13. The summed E-state index contributed by atoms with van der Waals surface area (Å²) >= 11 is 0. The number of ether oxygens (including phenoxy) is 1. The number of anilines is 2. The van der Waals surface area contributed by atoms with Gasteiger partial charge in [0.05, 0.1) is 23.7 Å². The predicted molar refractivity (Wildman–Crippen MR) is 161 cm³/mol. The van der Waals surface area contributed by atoms with E-state index in [9.17, 15) is 4.79 Å². The molecule has 0 spiro atoms. The molecule has 7 heteroatoms. The zero-order valence-corrected chi connectivity index (χ0v) is 24.6. The minimum absolute atomic E-state index is 0.342. The summed E-state index contributed by atoms with van der Waals surface area (Å²) in [6, 6.07) is 14.1. The Morgan fingerprint density at radius 2 is 1.74 bits per heavy atom. The Bertz CT molecular complexity index is 1200. The third kappa shape index (κ3) is 8.29. The molecule has 1 aromatic heterocycles. The van der Waals surface area contributed by atoms with Gasteiger partial charge in [-0.2, -0.15) is 0 Å². The summed E-state index contributed by atoms with van der Waals surface area (Å²) < 4.78 is 7.24. The Morgan fingerprint density at radius 1 is 1.00 bits per heavy atom. The molecule has 1 saturated heterocycles. The molecule has 1 aliphatic heterocycles. The van der Waals surface area contributed by atoms with Crippen molar-refractivity contribution in [3.63, 3.8) is 0 Å². The molecule has 0 aliphatic carbocycles. The molecule has 2 heterocycles. The van der Waals surface area contributed by atoms with Crippen molar-refractivity contribution in [3.8, 4) is 0 Å². The molecule has 39 heavy (non-hydrogen) atoms. The van der Waals surface area contributed by atoms with E-state index in [0.29, 0.717) is 17.4 Å². The highest BCUT2D eigenvalue weighted by atomic mass is 16.5. The van der Waals surface area contributed by atoms with Gasteiger partial charge >= 0.3 is 5.97 Å². The number of esters is 1. The standard InChI is InChI=1S/C32H47N5O2/c1-24(2)21-36(22-25(3)4)23-26-13-14-29-30(19-26)37(18-10-17-35-15-7-6-8-16-35)32(34-29)33-28-12-9-11-27(20-28)31(38)39-5/h9,11-14,19-20,24-25H,6-8,10,15-18,21-23H2,1-5H3,(H,33,34). The van der Waals surface area contributed by atoms with Gasteiger partial charge in [0, 0.05) is 31.9 Å². The number of likely N-dealkylation sites (tertiary alicyclic amines) is 1. The largest absolute Gasteiger partial charge is 0.465 e. The highest BCUT2D eigenvalue weighted by Crippen LogP contribution is 2.26. The normalized spacial score (nSPS) is 14.6. The summed E-state index contributed by atoms with van der Waals surface area (Å²) in [4.78, 5) is 22.3. The topological polar surface area (TPSA) is 62.6 Å². The number of aromatic nitrogens is 2. The Balaban J connectivity index is 1.61. The average Bonchev–Trinajstić information content (AvgIpc) is 3.24. The highest BCUT2D eigenvalue weighted by molar-refractivity contribution is 5.90. The first-order chi connectivity index (χ1) is 18.8. The van der Waals surface area contributed by atoms with Crippen molar-refractivity contribution in [3.05, 3.63) is 53.6 Å². The lowest BCUT2D eigenvalue weighted by atomic mass is 10.1. The second-order valence-electron chi connectivity index (χ2n) is 11.8. The summed E-state index contributed by atoms with van der Waals surface area (Å²) in [5.74, 6) is 1.73. The second-order valence-corrected chi connectivity index (χ2v) is 11.8. The quantitative estimate of drug-likeness (QED) is 0.251. The smallest absolute Gasteiger partial charge is 0.337 e. The maximum atomic E-state index is 12.1. The monoisotopic (exact) mass is 533 g/mol. The number of piperidine rings is 1. The van der Waals surface area contributed by atoms with E-state index in [2.05, 4.69) is 65.6 Å². The molecule has 0 radical (unpaired) electrons. The van der Waals surface area contributed by atoms with Crippen LogP contribution >= 0.6 is 0 Å². The van der Waals surface area contributed by atoms with Gasteiger partial charge in [-0.3, -0.25) is 4.90 Å². The molecule has 4 rings (SSSR count). The molecule has 0 unspecified atom stereocenters. The van der Waals surface area contributed by atoms with Crippen molar-refractivity contribution in [1.82, 2.24) is 19.4 Å². The third-order valence-electron chi connectivity index (χ3n) is 7.31. The van der Waals surface area contributed by atoms with Gasteiger partial charge in [-0.05, 0) is 86.6 Å². The van der Waals surface area contributed by atoms with Gasteiger partial charge in [-0.25, -0.2) is 9.78 Å². The average molecular weight is 534 g/mol. The molecule has 7 nitrogen and oxygen atoms in total. The SMILES string of the molecule is COC(=O)c1cccc(Nc2nc3ccc(CN(CC(C)C)CC(C)C)cc3n2CCCN2CCCCC2)c1.